The van der Waals surface area contributed by atoms with E-state index in [0.29, 0.717) is 5.56 Å². The molecule has 9 heteroatoms. The van der Waals surface area contributed by atoms with Gasteiger partial charge in [-0.25, -0.2) is 0 Å². The Labute approximate surface area is 140 Å². The van der Waals surface area contributed by atoms with Gasteiger partial charge >= 0.3 is 0 Å². The Kier molecular flexibility index (Phi) is 5.23. The minimum Gasteiger partial charge on any atom is -0.321 e. The SMILES string of the molecule is O=C(C=Cc1ccc([N+](=O)[O-])cc1)Nc1ccc([N+](=O)[O-])cc1Cl. The maximum atomic E-state index is 11.8. The minimum absolute atomic E-state index is 0.0429. The number of nitrogens with one attached hydrogen (secondary N) is 1. The number of nitro benzene ring substituents is 2. The average Bonchev–Trinajstić information content (AvgIpc) is 2.55. The third-order valence-corrected chi connectivity index (χ3v) is 3.27. The van der Waals surface area contributed by atoms with Crippen LogP contribution >= 0.6 is 11.6 Å². The second kappa shape index (κ2) is 7.34. The first kappa shape index (κ1) is 17.1. The Morgan fingerprint density at radius 3 is 2.12 bits per heavy atom. The Balaban J connectivity index is 2.05. The van der Waals surface area contributed by atoms with Crippen molar-refractivity contribution >= 4 is 40.6 Å². The zero-order valence-electron chi connectivity index (χ0n) is 12.0. The van der Waals surface area contributed by atoms with Gasteiger partial charge in [0.05, 0.1) is 20.6 Å². The zero-order chi connectivity index (χ0) is 17.7. The molecule has 0 aromatic heterocycles. The van der Waals surface area contributed by atoms with Crippen LogP contribution in [0, 0.1) is 20.2 Å². The summed E-state index contributed by atoms with van der Waals surface area (Å²) in [5, 5.41) is 23.7. The molecule has 0 radical (unpaired) electrons. The molecule has 0 saturated heterocycles. The van der Waals surface area contributed by atoms with Crippen LogP contribution in [0.3, 0.4) is 0 Å². The van der Waals surface area contributed by atoms with Crippen molar-refractivity contribution in [3.63, 3.8) is 0 Å². The van der Waals surface area contributed by atoms with Crippen LogP contribution in [0.2, 0.25) is 5.02 Å². The number of carbonyl (C=O) groups excluding carboxylic acids is 1. The lowest BCUT2D eigenvalue weighted by Gasteiger charge is -2.04. The molecule has 0 unspecified atom stereocenters. The van der Waals surface area contributed by atoms with Crippen molar-refractivity contribution in [2.75, 3.05) is 5.32 Å². The Morgan fingerprint density at radius 1 is 1.00 bits per heavy atom. The number of hydrogen-bond donors (Lipinski definition) is 1. The number of rotatable bonds is 5. The van der Waals surface area contributed by atoms with E-state index in [1.807, 2.05) is 0 Å². The number of benzene rings is 2. The molecule has 0 atom stereocenters. The number of carbonyl (C=O) groups is 1. The molecule has 0 aliphatic rings. The van der Waals surface area contributed by atoms with Gasteiger partial charge < -0.3 is 5.32 Å². The van der Waals surface area contributed by atoms with E-state index in [1.165, 1.54) is 48.6 Å². The highest BCUT2D eigenvalue weighted by atomic mass is 35.5. The van der Waals surface area contributed by atoms with Crippen LogP contribution < -0.4 is 5.32 Å². The highest BCUT2D eigenvalue weighted by Gasteiger charge is 2.10. The van der Waals surface area contributed by atoms with E-state index < -0.39 is 15.8 Å². The van der Waals surface area contributed by atoms with Crippen LogP contribution in [-0.4, -0.2) is 15.8 Å². The molecule has 2 aromatic rings. The van der Waals surface area contributed by atoms with Gasteiger partial charge in [-0.1, -0.05) is 11.6 Å². The summed E-state index contributed by atoms with van der Waals surface area (Å²) in [5.74, 6) is -0.496. The number of non-ortho nitro benzene ring substituents is 2. The molecule has 2 aromatic carbocycles. The molecule has 0 aliphatic heterocycles. The van der Waals surface area contributed by atoms with E-state index in [1.54, 1.807) is 0 Å². The quantitative estimate of drug-likeness (QED) is 0.501. The summed E-state index contributed by atoms with van der Waals surface area (Å²) in [6, 6.07) is 9.34. The van der Waals surface area contributed by atoms with Crippen molar-refractivity contribution in [2.45, 2.75) is 0 Å². The minimum atomic E-state index is -0.591. The normalized spacial score (nSPS) is 10.5. The van der Waals surface area contributed by atoms with E-state index in [4.69, 9.17) is 11.6 Å². The maximum absolute atomic E-state index is 11.8. The van der Waals surface area contributed by atoms with Gasteiger partial charge in [0.15, 0.2) is 0 Å². The van der Waals surface area contributed by atoms with Crippen molar-refractivity contribution in [3.05, 3.63) is 79.4 Å². The van der Waals surface area contributed by atoms with Gasteiger partial charge in [-0.05, 0) is 29.8 Å². The summed E-state index contributed by atoms with van der Waals surface area (Å²) < 4.78 is 0. The van der Waals surface area contributed by atoms with Gasteiger partial charge in [0.2, 0.25) is 5.91 Å². The molecule has 0 heterocycles. The van der Waals surface area contributed by atoms with Gasteiger partial charge in [0, 0.05) is 30.3 Å². The van der Waals surface area contributed by atoms with Crippen LogP contribution in [0.4, 0.5) is 17.1 Å². The standard InChI is InChI=1S/C15H10ClN3O5/c16-13-9-12(19(23)24)6-7-14(13)17-15(20)8-3-10-1-4-11(5-2-10)18(21)22/h1-9H,(H,17,20). The molecule has 122 valence electrons. The maximum Gasteiger partial charge on any atom is 0.271 e. The largest absolute Gasteiger partial charge is 0.321 e. The lowest BCUT2D eigenvalue weighted by molar-refractivity contribution is -0.385. The van der Waals surface area contributed by atoms with Gasteiger partial charge in [-0.3, -0.25) is 25.0 Å². The molecular formula is C15H10ClN3O5. The molecule has 0 fully saturated rings. The lowest BCUT2D eigenvalue weighted by atomic mass is 10.2. The molecule has 8 nitrogen and oxygen atoms in total. The predicted molar refractivity (Wildman–Crippen MR) is 88.9 cm³/mol. The zero-order valence-corrected chi connectivity index (χ0v) is 12.8. The highest BCUT2D eigenvalue weighted by Crippen LogP contribution is 2.26. The summed E-state index contributed by atoms with van der Waals surface area (Å²) in [6.45, 7) is 0. The number of nitro groups is 2. The van der Waals surface area contributed by atoms with Gasteiger partial charge in [0.1, 0.15) is 0 Å². The summed E-state index contributed by atoms with van der Waals surface area (Å²) in [7, 11) is 0. The molecular weight excluding hydrogens is 338 g/mol. The first-order valence-electron chi connectivity index (χ1n) is 6.54. The molecule has 0 saturated carbocycles. The number of hydrogen-bond acceptors (Lipinski definition) is 5. The van der Waals surface area contributed by atoms with E-state index in [9.17, 15) is 25.0 Å². The van der Waals surface area contributed by atoms with Crippen molar-refractivity contribution in [1.29, 1.82) is 0 Å². The Hall–Kier alpha value is -3.26. The third-order valence-electron chi connectivity index (χ3n) is 2.95. The number of nitrogens with zero attached hydrogens (tertiary/aromatic N) is 2. The lowest BCUT2D eigenvalue weighted by Crippen LogP contribution is -2.08. The molecule has 24 heavy (non-hydrogen) atoms. The fourth-order valence-corrected chi connectivity index (χ4v) is 1.99. The van der Waals surface area contributed by atoms with Crippen LogP contribution in [0.25, 0.3) is 6.08 Å². The van der Waals surface area contributed by atoms with E-state index in [2.05, 4.69) is 5.32 Å². The van der Waals surface area contributed by atoms with Crippen LogP contribution in [-0.2, 0) is 4.79 Å². The second-order valence-electron chi connectivity index (χ2n) is 4.59. The Morgan fingerprint density at radius 2 is 1.58 bits per heavy atom. The van der Waals surface area contributed by atoms with Gasteiger partial charge in [-0.2, -0.15) is 0 Å². The van der Waals surface area contributed by atoms with Gasteiger partial charge in [-0.15, -0.1) is 0 Å². The smallest absolute Gasteiger partial charge is 0.271 e. The molecule has 2 rings (SSSR count). The molecule has 0 bridgehead atoms. The summed E-state index contributed by atoms with van der Waals surface area (Å²) in [4.78, 5) is 31.9. The second-order valence-corrected chi connectivity index (χ2v) is 5.00. The van der Waals surface area contributed by atoms with Crippen LogP contribution in [0.1, 0.15) is 5.56 Å². The van der Waals surface area contributed by atoms with Crippen LogP contribution in [0.5, 0.6) is 0 Å². The Bertz CT molecular complexity index is 834. The number of amides is 1. The third kappa shape index (κ3) is 4.37. The number of halogens is 1. The monoisotopic (exact) mass is 347 g/mol. The topological polar surface area (TPSA) is 115 Å². The fourth-order valence-electron chi connectivity index (χ4n) is 1.77. The first-order valence-corrected chi connectivity index (χ1v) is 6.92. The van der Waals surface area contributed by atoms with Crippen molar-refractivity contribution in [3.8, 4) is 0 Å². The van der Waals surface area contributed by atoms with Crippen molar-refractivity contribution in [2.24, 2.45) is 0 Å². The average molecular weight is 348 g/mol. The van der Waals surface area contributed by atoms with Crippen molar-refractivity contribution < 1.29 is 14.6 Å². The molecule has 0 spiro atoms. The fraction of sp³-hybridized carbons (Fsp3) is 0. The predicted octanol–water partition coefficient (Wildman–Crippen LogP) is 3.81. The summed E-state index contributed by atoms with van der Waals surface area (Å²) >= 11 is 5.87. The highest BCUT2D eigenvalue weighted by molar-refractivity contribution is 6.34. The molecule has 0 aliphatic carbocycles. The summed E-state index contributed by atoms with van der Waals surface area (Å²) in [6.07, 6.45) is 2.69. The van der Waals surface area contributed by atoms with E-state index in [0.717, 1.165) is 6.07 Å². The molecule has 1 N–H and O–H groups in total. The summed E-state index contributed by atoms with van der Waals surface area (Å²) in [5.41, 5.74) is 0.611. The van der Waals surface area contributed by atoms with Gasteiger partial charge in [0.25, 0.3) is 11.4 Å². The van der Waals surface area contributed by atoms with Crippen molar-refractivity contribution in [1.82, 2.24) is 0 Å². The first-order chi connectivity index (χ1) is 11.4. The van der Waals surface area contributed by atoms with E-state index in [-0.39, 0.29) is 22.1 Å². The van der Waals surface area contributed by atoms with Crippen LogP contribution in [0.15, 0.2) is 48.5 Å². The number of anilines is 1. The molecule has 1 amide bonds. The van der Waals surface area contributed by atoms with E-state index >= 15 is 0 Å².